The van der Waals surface area contributed by atoms with Gasteiger partial charge < -0.3 is 15.2 Å². The molecule has 1 aliphatic rings. The van der Waals surface area contributed by atoms with Crippen LogP contribution in [0.4, 0.5) is 19.0 Å². The third kappa shape index (κ3) is 4.39. The fraction of sp³-hybridized carbons (Fsp3) is 0.238. The largest absolute Gasteiger partial charge is 0.573 e. The van der Waals surface area contributed by atoms with Crippen LogP contribution in [0.2, 0.25) is 0 Å². The Hall–Kier alpha value is -3.51. The minimum absolute atomic E-state index is 0.0112. The molecule has 0 spiro atoms. The number of nitrogen functional groups attached to an aromatic ring is 1. The number of pyridine rings is 1. The van der Waals surface area contributed by atoms with Crippen molar-refractivity contribution in [3.63, 3.8) is 0 Å². The normalized spacial score (nSPS) is 15.8. The van der Waals surface area contributed by atoms with E-state index in [1.165, 1.54) is 24.3 Å². The molecule has 0 saturated heterocycles. The molecule has 1 aliphatic heterocycles. The number of nitrogens with zero attached hydrogens (tertiary/aromatic N) is 3. The Morgan fingerprint density at radius 2 is 1.93 bits per heavy atom. The molecule has 0 bridgehead atoms. The van der Waals surface area contributed by atoms with Gasteiger partial charge in [-0.05, 0) is 49.2 Å². The summed E-state index contributed by atoms with van der Waals surface area (Å²) in [4.78, 5) is 4.01. The predicted octanol–water partition coefficient (Wildman–Crippen LogP) is 3.61. The molecule has 9 heteroatoms. The van der Waals surface area contributed by atoms with Crippen LogP contribution in [0.15, 0.2) is 42.6 Å². The molecule has 0 fully saturated rings. The van der Waals surface area contributed by atoms with Crippen LogP contribution < -0.4 is 10.5 Å². The number of hydrogen-bond donors (Lipinski definition) is 1. The van der Waals surface area contributed by atoms with Crippen molar-refractivity contribution >= 4 is 5.82 Å². The lowest BCUT2D eigenvalue weighted by Gasteiger charge is -2.20. The van der Waals surface area contributed by atoms with Gasteiger partial charge in [0.1, 0.15) is 17.3 Å². The molecule has 4 rings (SSSR count). The van der Waals surface area contributed by atoms with E-state index in [-0.39, 0.29) is 11.9 Å². The lowest BCUT2D eigenvalue weighted by molar-refractivity contribution is -0.274. The molecular weight excluding hydrogens is 397 g/mol. The first-order valence-electron chi connectivity index (χ1n) is 9.10. The van der Waals surface area contributed by atoms with Crippen LogP contribution in [0.3, 0.4) is 0 Å². The zero-order valence-corrected chi connectivity index (χ0v) is 15.9. The number of aromatic nitrogens is 3. The van der Waals surface area contributed by atoms with Gasteiger partial charge in [0.25, 0.3) is 0 Å². The number of hydrogen-bond acceptors (Lipinski definition) is 5. The number of alkyl halides is 3. The quantitative estimate of drug-likeness (QED) is 0.649. The van der Waals surface area contributed by atoms with Crippen molar-refractivity contribution in [2.75, 3.05) is 5.73 Å². The number of ether oxygens (including phenoxy) is 2. The molecule has 0 unspecified atom stereocenters. The molecule has 1 aromatic carbocycles. The summed E-state index contributed by atoms with van der Waals surface area (Å²) < 4.78 is 48.6. The lowest BCUT2D eigenvalue weighted by atomic mass is 10.1. The number of anilines is 1. The van der Waals surface area contributed by atoms with E-state index < -0.39 is 6.36 Å². The van der Waals surface area contributed by atoms with E-state index in [0.717, 1.165) is 11.3 Å². The monoisotopic (exact) mass is 414 g/mol. The van der Waals surface area contributed by atoms with E-state index in [1.54, 1.807) is 23.0 Å². The van der Waals surface area contributed by atoms with Crippen molar-refractivity contribution in [1.82, 2.24) is 14.8 Å². The topological polar surface area (TPSA) is 75.2 Å². The minimum atomic E-state index is -4.74. The van der Waals surface area contributed by atoms with Crippen molar-refractivity contribution in [1.29, 1.82) is 0 Å². The van der Waals surface area contributed by atoms with E-state index >= 15 is 0 Å². The Bertz CT molecular complexity index is 1110. The van der Waals surface area contributed by atoms with Crippen LogP contribution in [-0.4, -0.2) is 27.2 Å². The standard InChI is InChI=1S/C21H17F3N4O2/c1-13-10-19-17(12-29-13)18(8-2-14-3-9-20(25)26-11-14)27-28(19)15-4-6-16(7-5-15)30-21(22,23)24/h3-7,9,11,13H,10,12H2,1H3,(H2,25,26)/t13-/m0/s1. The van der Waals surface area contributed by atoms with Gasteiger partial charge in [0, 0.05) is 23.7 Å². The molecule has 2 aromatic heterocycles. The van der Waals surface area contributed by atoms with Gasteiger partial charge in [0.2, 0.25) is 0 Å². The average molecular weight is 414 g/mol. The summed E-state index contributed by atoms with van der Waals surface area (Å²) in [7, 11) is 0. The summed E-state index contributed by atoms with van der Waals surface area (Å²) in [6.07, 6.45) is -2.57. The highest BCUT2D eigenvalue weighted by molar-refractivity contribution is 5.48. The molecule has 0 aliphatic carbocycles. The molecule has 3 heterocycles. The molecule has 30 heavy (non-hydrogen) atoms. The first-order chi connectivity index (χ1) is 14.3. The zero-order valence-electron chi connectivity index (χ0n) is 15.9. The highest BCUT2D eigenvalue weighted by atomic mass is 19.4. The average Bonchev–Trinajstić information content (AvgIpc) is 3.05. The first-order valence-corrected chi connectivity index (χ1v) is 9.10. The number of fused-ring (bicyclic) bond motifs is 1. The molecule has 3 aromatic rings. The number of halogens is 3. The summed E-state index contributed by atoms with van der Waals surface area (Å²) >= 11 is 0. The second-order valence-electron chi connectivity index (χ2n) is 6.77. The first kappa shape index (κ1) is 19.8. The van der Waals surface area contributed by atoms with Crippen molar-refractivity contribution in [2.45, 2.75) is 32.4 Å². The number of nitrogens with two attached hydrogens (primary N) is 1. The number of benzene rings is 1. The van der Waals surface area contributed by atoms with Crippen LogP contribution in [0.5, 0.6) is 5.75 Å². The third-order valence-corrected chi connectivity index (χ3v) is 4.51. The fourth-order valence-corrected chi connectivity index (χ4v) is 3.12. The Morgan fingerprint density at radius 3 is 2.60 bits per heavy atom. The van der Waals surface area contributed by atoms with Gasteiger partial charge in [-0.15, -0.1) is 13.2 Å². The predicted molar refractivity (Wildman–Crippen MR) is 103 cm³/mol. The van der Waals surface area contributed by atoms with Gasteiger partial charge in [0.05, 0.1) is 24.1 Å². The molecule has 2 N–H and O–H groups in total. The van der Waals surface area contributed by atoms with E-state index in [2.05, 4.69) is 26.7 Å². The molecule has 154 valence electrons. The highest BCUT2D eigenvalue weighted by Crippen LogP contribution is 2.28. The Labute approximate surface area is 170 Å². The van der Waals surface area contributed by atoms with Crippen LogP contribution >= 0.6 is 0 Å². The third-order valence-electron chi connectivity index (χ3n) is 4.51. The molecular formula is C21H17F3N4O2. The van der Waals surface area contributed by atoms with Crippen molar-refractivity contribution in [3.05, 3.63) is 65.1 Å². The highest BCUT2D eigenvalue weighted by Gasteiger charge is 2.31. The number of rotatable bonds is 2. The van der Waals surface area contributed by atoms with Crippen molar-refractivity contribution < 1.29 is 22.6 Å². The zero-order chi connectivity index (χ0) is 21.3. The molecule has 0 radical (unpaired) electrons. The summed E-state index contributed by atoms with van der Waals surface area (Å²) in [6, 6.07) is 8.98. The van der Waals surface area contributed by atoms with Gasteiger partial charge in [-0.1, -0.05) is 5.92 Å². The summed E-state index contributed by atoms with van der Waals surface area (Å²) in [5.41, 5.74) is 9.20. The summed E-state index contributed by atoms with van der Waals surface area (Å²) in [6.45, 7) is 2.31. The molecule has 6 nitrogen and oxygen atoms in total. The molecule has 0 saturated carbocycles. The smallest absolute Gasteiger partial charge is 0.406 e. The Balaban J connectivity index is 1.70. The van der Waals surface area contributed by atoms with E-state index in [0.29, 0.717) is 35.8 Å². The van der Waals surface area contributed by atoms with Gasteiger partial charge >= 0.3 is 6.36 Å². The van der Waals surface area contributed by atoms with Crippen LogP contribution in [-0.2, 0) is 17.8 Å². The Morgan fingerprint density at radius 1 is 1.17 bits per heavy atom. The Kier molecular flexibility index (Phi) is 5.10. The fourth-order valence-electron chi connectivity index (χ4n) is 3.12. The van der Waals surface area contributed by atoms with E-state index in [9.17, 15) is 13.2 Å². The van der Waals surface area contributed by atoms with E-state index in [4.69, 9.17) is 10.5 Å². The maximum Gasteiger partial charge on any atom is 0.573 e. The van der Waals surface area contributed by atoms with Crippen LogP contribution in [0, 0.1) is 11.8 Å². The SMILES string of the molecule is C[C@H]1Cc2c(c(C#Cc3ccc(N)nc3)nn2-c2ccc(OC(F)(F)F)cc2)CO1. The summed E-state index contributed by atoms with van der Waals surface area (Å²) in [5.74, 6) is 6.16. The maximum absolute atomic E-state index is 12.4. The minimum Gasteiger partial charge on any atom is -0.406 e. The van der Waals surface area contributed by atoms with Crippen molar-refractivity contribution in [2.24, 2.45) is 0 Å². The maximum atomic E-state index is 12.4. The molecule has 1 atom stereocenters. The van der Waals surface area contributed by atoms with Crippen LogP contribution in [0.25, 0.3) is 5.69 Å². The van der Waals surface area contributed by atoms with Crippen molar-refractivity contribution in [3.8, 4) is 23.3 Å². The van der Waals surface area contributed by atoms with Gasteiger partial charge in [-0.3, -0.25) is 0 Å². The summed E-state index contributed by atoms with van der Waals surface area (Å²) in [5, 5.41) is 4.59. The second kappa shape index (κ2) is 7.72. The van der Waals surface area contributed by atoms with Gasteiger partial charge in [-0.2, -0.15) is 5.10 Å². The van der Waals surface area contributed by atoms with Crippen LogP contribution in [0.1, 0.15) is 29.4 Å². The van der Waals surface area contributed by atoms with E-state index in [1.807, 2.05) is 6.92 Å². The lowest BCUT2D eigenvalue weighted by Crippen LogP contribution is -2.21. The van der Waals surface area contributed by atoms with Gasteiger partial charge in [-0.25, -0.2) is 9.67 Å². The van der Waals surface area contributed by atoms with Gasteiger partial charge in [0.15, 0.2) is 0 Å². The molecule has 0 amide bonds. The second-order valence-corrected chi connectivity index (χ2v) is 6.77.